The van der Waals surface area contributed by atoms with Crippen LogP contribution < -0.4 is 0 Å². The Balaban J connectivity index is 1.87. The second-order valence-corrected chi connectivity index (χ2v) is 5.51. The minimum absolute atomic E-state index is 0.246. The number of fused-ring (bicyclic) bond motifs is 1. The monoisotopic (exact) mass is 314 g/mol. The lowest BCUT2D eigenvalue weighted by Gasteiger charge is -2.07. The number of hydrogen-bond donors (Lipinski definition) is 0. The van der Waals surface area contributed by atoms with Gasteiger partial charge >= 0.3 is 0 Å². The first-order valence-corrected chi connectivity index (χ1v) is 7.78. The molecule has 4 aromatic rings. The quantitative estimate of drug-likeness (QED) is 0.499. The van der Waals surface area contributed by atoms with Crippen molar-refractivity contribution in [3.05, 3.63) is 96.1 Å². The Bertz CT molecular complexity index is 999. The van der Waals surface area contributed by atoms with Gasteiger partial charge in [-0.05, 0) is 48.0 Å². The molecule has 3 heteroatoms. The Labute approximate surface area is 139 Å². The summed E-state index contributed by atoms with van der Waals surface area (Å²) >= 11 is 0. The fourth-order valence-electron chi connectivity index (χ4n) is 2.75. The normalized spacial score (nSPS) is 11.4. The molecule has 0 fully saturated rings. The number of para-hydroxylation sites is 2. The molecule has 0 aliphatic rings. The molecule has 0 N–H and O–H groups in total. The van der Waals surface area contributed by atoms with Gasteiger partial charge in [0.05, 0.1) is 11.0 Å². The van der Waals surface area contributed by atoms with Crippen molar-refractivity contribution in [1.29, 1.82) is 0 Å². The first-order chi connectivity index (χ1) is 11.8. The van der Waals surface area contributed by atoms with Crippen LogP contribution in [0.1, 0.15) is 11.4 Å². The zero-order chi connectivity index (χ0) is 16.4. The molecular formula is C21H15FN2. The molecule has 0 saturated carbocycles. The number of benzene rings is 3. The molecule has 116 valence electrons. The van der Waals surface area contributed by atoms with Gasteiger partial charge in [-0.1, -0.05) is 48.5 Å². The number of aromatic nitrogens is 2. The Morgan fingerprint density at radius 1 is 0.750 bits per heavy atom. The number of halogens is 1. The standard InChI is InChI=1S/C21H15FN2/c22-17-11-13-18(14-12-17)24-20-9-5-4-8-19(20)23-21(24)15-10-16-6-2-1-3-7-16/h1-15H/b15-10+. The van der Waals surface area contributed by atoms with Crippen molar-refractivity contribution in [2.24, 2.45) is 0 Å². The maximum Gasteiger partial charge on any atom is 0.138 e. The first-order valence-electron chi connectivity index (χ1n) is 7.78. The largest absolute Gasteiger partial charge is 0.293 e. The summed E-state index contributed by atoms with van der Waals surface area (Å²) in [5, 5.41) is 0. The molecule has 0 radical (unpaired) electrons. The lowest BCUT2D eigenvalue weighted by molar-refractivity contribution is 0.627. The van der Waals surface area contributed by atoms with E-state index in [-0.39, 0.29) is 5.82 Å². The fourth-order valence-corrected chi connectivity index (χ4v) is 2.75. The van der Waals surface area contributed by atoms with Gasteiger partial charge in [-0.3, -0.25) is 4.57 Å². The smallest absolute Gasteiger partial charge is 0.138 e. The van der Waals surface area contributed by atoms with Gasteiger partial charge in [0.15, 0.2) is 0 Å². The summed E-state index contributed by atoms with van der Waals surface area (Å²) in [5.41, 5.74) is 3.90. The highest BCUT2D eigenvalue weighted by molar-refractivity contribution is 5.82. The molecule has 0 aliphatic heterocycles. The third kappa shape index (κ3) is 2.72. The first kappa shape index (κ1) is 14.4. The van der Waals surface area contributed by atoms with Gasteiger partial charge in [0.1, 0.15) is 11.6 Å². The van der Waals surface area contributed by atoms with Crippen molar-refractivity contribution in [3.8, 4) is 5.69 Å². The molecule has 1 heterocycles. The van der Waals surface area contributed by atoms with Crippen LogP contribution in [0.2, 0.25) is 0 Å². The van der Waals surface area contributed by atoms with Crippen LogP contribution in [0.3, 0.4) is 0 Å². The van der Waals surface area contributed by atoms with Crippen molar-refractivity contribution in [3.63, 3.8) is 0 Å². The van der Waals surface area contributed by atoms with E-state index in [1.54, 1.807) is 12.1 Å². The van der Waals surface area contributed by atoms with E-state index in [1.165, 1.54) is 12.1 Å². The number of rotatable bonds is 3. The summed E-state index contributed by atoms with van der Waals surface area (Å²) in [7, 11) is 0. The van der Waals surface area contributed by atoms with E-state index in [9.17, 15) is 4.39 Å². The molecule has 24 heavy (non-hydrogen) atoms. The second-order valence-electron chi connectivity index (χ2n) is 5.51. The highest BCUT2D eigenvalue weighted by Gasteiger charge is 2.10. The fraction of sp³-hybridized carbons (Fsp3) is 0. The van der Waals surface area contributed by atoms with Crippen LogP contribution in [0.15, 0.2) is 78.9 Å². The van der Waals surface area contributed by atoms with Crippen LogP contribution in [0.5, 0.6) is 0 Å². The third-order valence-electron chi connectivity index (χ3n) is 3.90. The summed E-state index contributed by atoms with van der Waals surface area (Å²) in [6.07, 6.45) is 4.01. The second kappa shape index (κ2) is 6.13. The van der Waals surface area contributed by atoms with Crippen LogP contribution in [-0.4, -0.2) is 9.55 Å². The van der Waals surface area contributed by atoms with Gasteiger partial charge < -0.3 is 0 Å². The summed E-state index contributed by atoms with van der Waals surface area (Å²) < 4.78 is 15.3. The predicted molar refractivity (Wildman–Crippen MR) is 96.4 cm³/mol. The van der Waals surface area contributed by atoms with Crippen LogP contribution in [0.25, 0.3) is 28.9 Å². The molecule has 0 spiro atoms. The maximum absolute atomic E-state index is 13.3. The van der Waals surface area contributed by atoms with Crippen LogP contribution in [0.4, 0.5) is 4.39 Å². The van der Waals surface area contributed by atoms with Crippen molar-refractivity contribution in [2.45, 2.75) is 0 Å². The van der Waals surface area contributed by atoms with Gasteiger partial charge in [0.25, 0.3) is 0 Å². The third-order valence-corrected chi connectivity index (χ3v) is 3.90. The molecule has 0 atom stereocenters. The average Bonchev–Trinajstić information content (AvgIpc) is 3.00. The molecule has 0 saturated heterocycles. The van der Waals surface area contributed by atoms with E-state index in [4.69, 9.17) is 4.98 Å². The Morgan fingerprint density at radius 2 is 1.46 bits per heavy atom. The SMILES string of the molecule is Fc1ccc(-n2c(/C=C/c3ccccc3)nc3ccccc32)cc1. The minimum atomic E-state index is -0.246. The van der Waals surface area contributed by atoms with Gasteiger partial charge in [0, 0.05) is 5.69 Å². The van der Waals surface area contributed by atoms with E-state index in [0.717, 1.165) is 28.1 Å². The van der Waals surface area contributed by atoms with Gasteiger partial charge in [-0.25, -0.2) is 9.37 Å². The van der Waals surface area contributed by atoms with E-state index in [0.29, 0.717) is 0 Å². The van der Waals surface area contributed by atoms with Gasteiger partial charge in [-0.15, -0.1) is 0 Å². The Kier molecular flexibility index (Phi) is 3.67. The van der Waals surface area contributed by atoms with Gasteiger partial charge in [0.2, 0.25) is 0 Å². The average molecular weight is 314 g/mol. The summed E-state index contributed by atoms with van der Waals surface area (Å²) in [6, 6.07) is 24.5. The summed E-state index contributed by atoms with van der Waals surface area (Å²) in [6.45, 7) is 0. The molecule has 0 bridgehead atoms. The molecular weight excluding hydrogens is 299 g/mol. The molecule has 0 amide bonds. The zero-order valence-corrected chi connectivity index (χ0v) is 12.9. The predicted octanol–water partition coefficient (Wildman–Crippen LogP) is 5.34. The number of imidazole rings is 1. The van der Waals surface area contributed by atoms with Crippen LogP contribution in [-0.2, 0) is 0 Å². The van der Waals surface area contributed by atoms with Crippen LogP contribution >= 0.6 is 0 Å². The lowest BCUT2D eigenvalue weighted by Crippen LogP contribution is -1.97. The highest BCUT2D eigenvalue weighted by Crippen LogP contribution is 2.23. The maximum atomic E-state index is 13.3. The number of nitrogens with zero attached hydrogens (tertiary/aromatic N) is 2. The molecule has 0 unspecified atom stereocenters. The molecule has 2 nitrogen and oxygen atoms in total. The van der Waals surface area contributed by atoms with E-state index in [2.05, 4.69) is 0 Å². The summed E-state index contributed by atoms with van der Waals surface area (Å²) in [4.78, 5) is 4.71. The number of hydrogen-bond acceptors (Lipinski definition) is 1. The van der Waals surface area contributed by atoms with Crippen molar-refractivity contribution in [2.75, 3.05) is 0 Å². The van der Waals surface area contributed by atoms with Crippen molar-refractivity contribution >= 4 is 23.2 Å². The topological polar surface area (TPSA) is 17.8 Å². The van der Waals surface area contributed by atoms with Gasteiger partial charge in [-0.2, -0.15) is 0 Å². The minimum Gasteiger partial charge on any atom is -0.293 e. The summed E-state index contributed by atoms with van der Waals surface area (Å²) in [5.74, 6) is 0.566. The lowest BCUT2D eigenvalue weighted by atomic mass is 10.2. The highest BCUT2D eigenvalue weighted by atomic mass is 19.1. The molecule has 1 aromatic heterocycles. The Morgan fingerprint density at radius 3 is 2.25 bits per heavy atom. The van der Waals surface area contributed by atoms with E-state index >= 15 is 0 Å². The Hall–Kier alpha value is -3.20. The van der Waals surface area contributed by atoms with Crippen molar-refractivity contribution < 1.29 is 4.39 Å². The van der Waals surface area contributed by atoms with E-state index < -0.39 is 0 Å². The van der Waals surface area contributed by atoms with Crippen LogP contribution in [0, 0.1) is 5.82 Å². The molecule has 4 rings (SSSR count). The van der Waals surface area contributed by atoms with Crippen molar-refractivity contribution in [1.82, 2.24) is 9.55 Å². The zero-order valence-electron chi connectivity index (χ0n) is 12.9. The molecule has 0 aliphatic carbocycles. The van der Waals surface area contributed by atoms with E-state index in [1.807, 2.05) is 71.3 Å². The molecule has 3 aromatic carbocycles.